The Labute approximate surface area is 608 Å². The minimum atomic E-state index is -4.98. The van der Waals surface area contributed by atoms with Crippen molar-refractivity contribution in [1.29, 1.82) is 0 Å². The first-order valence-corrected chi connectivity index (χ1v) is 42.8. The quantitative estimate of drug-likeness (QED) is 0.0169. The van der Waals surface area contributed by atoms with Crippen molar-refractivity contribution in [2.45, 2.75) is 367 Å². The highest BCUT2D eigenvalue weighted by Crippen LogP contribution is 2.45. The summed E-state index contributed by atoms with van der Waals surface area (Å²) in [6, 6.07) is 0. The van der Waals surface area contributed by atoms with Crippen molar-refractivity contribution in [3.05, 3.63) is 85.1 Å². The van der Waals surface area contributed by atoms with Crippen molar-refractivity contribution in [1.82, 2.24) is 0 Å². The molecule has 0 saturated heterocycles. The van der Waals surface area contributed by atoms with Crippen molar-refractivity contribution in [2.75, 3.05) is 39.6 Å². The second kappa shape index (κ2) is 73.5. The Kier molecular flexibility index (Phi) is 70.8. The molecule has 19 heteroatoms. The number of rotatable bonds is 75. The van der Waals surface area contributed by atoms with E-state index in [0.717, 1.165) is 154 Å². The van der Waals surface area contributed by atoms with Gasteiger partial charge in [0.1, 0.15) is 19.3 Å². The molecule has 0 aliphatic carbocycles. The molecule has 580 valence electrons. The molecular weight excluding hydrogens is 1310 g/mol. The van der Waals surface area contributed by atoms with Crippen molar-refractivity contribution in [3.8, 4) is 0 Å². The van der Waals surface area contributed by atoms with E-state index in [1.807, 2.05) is 0 Å². The van der Waals surface area contributed by atoms with Gasteiger partial charge >= 0.3 is 39.5 Å². The van der Waals surface area contributed by atoms with Crippen LogP contribution in [0.5, 0.6) is 0 Å². The lowest BCUT2D eigenvalue weighted by molar-refractivity contribution is -0.161. The van der Waals surface area contributed by atoms with Gasteiger partial charge in [0.25, 0.3) is 0 Å². The maximum absolute atomic E-state index is 13.1. The summed E-state index contributed by atoms with van der Waals surface area (Å²) in [6.07, 6.45) is 75.6. The second-order valence-corrected chi connectivity index (χ2v) is 29.5. The Morgan fingerprint density at radius 1 is 0.290 bits per heavy atom. The summed E-state index contributed by atoms with van der Waals surface area (Å²) in [5.41, 5.74) is 0. The molecule has 0 amide bonds. The van der Waals surface area contributed by atoms with Crippen LogP contribution < -0.4 is 0 Å². The van der Waals surface area contributed by atoms with Gasteiger partial charge in [-0.2, -0.15) is 0 Å². The van der Waals surface area contributed by atoms with E-state index in [9.17, 15) is 43.2 Å². The van der Waals surface area contributed by atoms with Crippen LogP contribution in [-0.4, -0.2) is 96.7 Å². The summed E-state index contributed by atoms with van der Waals surface area (Å²) in [7, 11) is -9.96. The first kappa shape index (κ1) is 96.2. The van der Waals surface area contributed by atoms with E-state index in [0.29, 0.717) is 25.7 Å². The Balaban J connectivity index is 5.36. The molecule has 0 spiro atoms. The van der Waals surface area contributed by atoms with Gasteiger partial charge in [-0.15, -0.1) is 0 Å². The number of aliphatic hydroxyl groups excluding tert-OH is 1. The molecule has 0 saturated carbocycles. The third-order valence-corrected chi connectivity index (χ3v) is 18.7. The zero-order valence-corrected chi connectivity index (χ0v) is 65.2. The summed E-state index contributed by atoms with van der Waals surface area (Å²) in [5.74, 6) is -2.20. The Morgan fingerprint density at radius 2 is 0.520 bits per heavy atom. The number of unbranched alkanes of at least 4 members (excludes halogenated alkanes) is 35. The van der Waals surface area contributed by atoms with Crippen LogP contribution in [0.2, 0.25) is 0 Å². The minimum absolute atomic E-state index is 0.0741. The predicted octanol–water partition coefficient (Wildman–Crippen LogP) is 23.0. The van der Waals surface area contributed by atoms with Gasteiger partial charge in [0.2, 0.25) is 0 Å². The number of aliphatic hydroxyl groups is 1. The van der Waals surface area contributed by atoms with Gasteiger partial charge in [-0.25, -0.2) is 9.13 Å². The summed E-state index contributed by atoms with van der Waals surface area (Å²) in [5, 5.41) is 10.6. The highest BCUT2D eigenvalue weighted by atomic mass is 31.2. The van der Waals surface area contributed by atoms with Crippen LogP contribution in [0.3, 0.4) is 0 Å². The van der Waals surface area contributed by atoms with Gasteiger partial charge in [-0.1, -0.05) is 286 Å². The van der Waals surface area contributed by atoms with E-state index >= 15 is 0 Å². The first-order valence-electron chi connectivity index (χ1n) is 39.8. The molecule has 17 nitrogen and oxygen atoms in total. The van der Waals surface area contributed by atoms with Crippen LogP contribution in [0.15, 0.2) is 85.1 Å². The molecule has 5 unspecified atom stereocenters. The van der Waals surface area contributed by atoms with Gasteiger partial charge < -0.3 is 33.8 Å². The molecule has 0 fully saturated rings. The van der Waals surface area contributed by atoms with Gasteiger partial charge in [-0.3, -0.25) is 37.3 Å². The largest absolute Gasteiger partial charge is 0.472 e. The average molecular weight is 1450 g/mol. The lowest BCUT2D eigenvalue weighted by Gasteiger charge is -2.21. The molecule has 0 radical (unpaired) electrons. The second-order valence-electron chi connectivity index (χ2n) is 26.6. The highest BCUT2D eigenvalue weighted by Gasteiger charge is 2.30. The summed E-state index contributed by atoms with van der Waals surface area (Å²) < 4.78 is 68.6. The SMILES string of the molecule is CC/C=C\C/C=C\C/C=C\C/C=C\CCCCCCC(=O)OCC(COP(=O)(O)OCC(O)COP(=O)(O)OCC(COC(=O)CCCCCCCCCCCCCCCCC)OC(=O)CCCCCCC/C=C\CCCCCC)OC(=O)CCCCCCC/C=C\C/C=C\CCCCC. The summed E-state index contributed by atoms with van der Waals surface area (Å²) in [6.45, 7) is 4.72. The van der Waals surface area contributed by atoms with E-state index in [-0.39, 0.29) is 25.7 Å². The fraction of sp³-hybridized carbons (Fsp3) is 0.778. The fourth-order valence-electron chi connectivity index (χ4n) is 10.8. The third-order valence-electron chi connectivity index (χ3n) is 16.8. The first-order chi connectivity index (χ1) is 48.7. The molecule has 5 atom stereocenters. The monoisotopic (exact) mass is 1450 g/mol. The number of hydrogen-bond donors (Lipinski definition) is 3. The molecular formula is C81H144O17P2. The molecule has 0 aromatic heterocycles. The molecule has 0 rings (SSSR count). The van der Waals surface area contributed by atoms with Gasteiger partial charge in [0.15, 0.2) is 12.2 Å². The van der Waals surface area contributed by atoms with E-state index in [2.05, 4.69) is 113 Å². The lowest BCUT2D eigenvalue weighted by Crippen LogP contribution is -2.30. The maximum atomic E-state index is 13.1. The Hall–Kier alpha value is -3.76. The number of esters is 4. The number of hydrogen-bond acceptors (Lipinski definition) is 15. The number of ether oxygens (including phenoxy) is 4. The fourth-order valence-corrected chi connectivity index (χ4v) is 12.3. The molecule has 0 aromatic rings. The minimum Gasteiger partial charge on any atom is -0.462 e. The van der Waals surface area contributed by atoms with Crippen LogP contribution in [-0.2, 0) is 65.4 Å². The zero-order chi connectivity index (χ0) is 73.2. The van der Waals surface area contributed by atoms with Gasteiger partial charge in [0, 0.05) is 25.7 Å². The van der Waals surface area contributed by atoms with E-state index in [1.54, 1.807) is 0 Å². The topological polar surface area (TPSA) is 237 Å². The molecule has 3 N–H and O–H groups in total. The number of carbonyl (C=O) groups is 4. The van der Waals surface area contributed by atoms with Crippen molar-refractivity contribution in [2.24, 2.45) is 0 Å². The van der Waals surface area contributed by atoms with E-state index < -0.39 is 97.5 Å². The van der Waals surface area contributed by atoms with Gasteiger partial charge in [0.05, 0.1) is 26.4 Å². The standard InChI is InChI=1S/C81H144O17P2/c1-5-9-13-17-21-25-29-33-36-37-40-43-46-50-54-58-62-66-79(84)92-72-77(98-81(86)68-64-60-56-52-48-44-39-35-31-27-23-19-15-11-7-3)74-96-100(89,90)94-70-75(82)69-93-99(87,88)95-73-76(97-80(85)67-63-59-55-51-47-41-32-28-24-20-16-12-8-4)71-91-78(83)65-61-57-53-49-45-42-38-34-30-26-22-18-14-10-6-2/h9,13,21,23,25,27-28,32-33,35-36,39-40,43,75-77,82H,5-8,10-12,14-20,22,24,26,29-31,34,37-38,41-42,44-74H2,1-4H3,(H,87,88)(H,89,90)/b13-9-,25-21-,27-23-,32-28-,36-33-,39-35-,43-40-. The number of phosphoric ester groups is 2. The summed E-state index contributed by atoms with van der Waals surface area (Å²) in [4.78, 5) is 73.0. The zero-order valence-electron chi connectivity index (χ0n) is 63.4. The van der Waals surface area contributed by atoms with Gasteiger partial charge in [-0.05, 0) is 122 Å². The number of phosphoric acid groups is 2. The summed E-state index contributed by atoms with van der Waals surface area (Å²) >= 11 is 0. The van der Waals surface area contributed by atoms with Crippen LogP contribution in [0.1, 0.15) is 349 Å². The van der Waals surface area contributed by atoms with Crippen molar-refractivity contribution >= 4 is 39.5 Å². The highest BCUT2D eigenvalue weighted by molar-refractivity contribution is 7.47. The smallest absolute Gasteiger partial charge is 0.462 e. The van der Waals surface area contributed by atoms with Crippen LogP contribution in [0.25, 0.3) is 0 Å². The van der Waals surface area contributed by atoms with E-state index in [1.165, 1.54) is 116 Å². The molecule has 0 heterocycles. The third kappa shape index (κ3) is 72.6. The van der Waals surface area contributed by atoms with Crippen LogP contribution in [0.4, 0.5) is 0 Å². The van der Waals surface area contributed by atoms with Crippen LogP contribution >= 0.6 is 15.6 Å². The van der Waals surface area contributed by atoms with Crippen molar-refractivity contribution in [3.63, 3.8) is 0 Å². The normalized spacial score (nSPS) is 14.3. The lowest BCUT2D eigenvalue weighted by atomic mass is 10.0. The Bertz CT molecular complexity index is 2230. The molecule has 0 aliphatic rings. The maximum Gasteiger partial charge on any atom is 0.472 e. The number of allylic oxidation sites excluding steroid dienone is 14. The average Bonchev–Trinajstić information content (AvgIpc) is 1.06. The Morgan fingerprint density at radius 3 is 0.840 bits per heavy atom. The predicted molar refractivity (Wildman–Crippen MR) is 409 cm³/mol. The van der Waals surface area contributed by atoms with Crippen LogP contribution in [0, 0.1) is 0 Å². The molecule has 0 aromatic carbocycles. The van der Waals surface area contributed by atoms with E-state index in [4.69, 9.17) is 37.0 Å². The molecule has 0 aliphatic heterocycles. The molecule has 100 heavy (non-hydrogen) atoms. The molecule has 0 bridgehead atoms. The van der Waals surface area contributed by atoms with Crippen molar-refractivity contribution < 1.29 is 80.2 Å². The number of carbonyl (C=O) groups excluding carboxylic acids is 4.